The number of carbonyl (C=O) groups excluding carboxylic acids is 2. The SMILES string of the molecule is CC(=O)SCCOP(=O)(CO[C@H](C)Cn1cnc2c(N)ncnc21)N[C@@H](C)C(=O)OC(C)C. The van der Waals surface area contributed by atoms with Crippen LogP contribution in [0.3, 0.4) is 0 Å². The summed E-state index contributed by atoms with van der Waals surface area (Å²) in [5, 5.41) is 2.65. The third-order valence-electron chi connectivity index (χ3n) is 4.20. The first-order valence-electron chi connectivity index (χ1n) is 10.4. The minimum absolute atomic E-state index is 0.0422. The summed E-state index contributed by atoms with van der Waals surface area (Å²) in [5.74, 6) is 0.0473. The van der Waals surface area contributed by atoms with Crippen LogP contribution >= 0.6 is 19.3 Å². The fourth-order valence-electron chi connectivity index (χ4n) is 2.75. The van der Waals surface area contributed by atoms with Gasteiger partial charge in [-0.25, -0.2) is 20.0 Å². The Labute approximate surface area is 196 Å². The van der Waals surface area contributed by atoms with Gasteiger partial charge in [-0.1, -0.05) is 11.8 Å². The lowest BCUT2D eigenvalue weighted by Gasteiger charge is -2.25. The van der Waals surface area contributed by atoms with Crippen LogP contribution in [0.4, 0.5) is 5.82 Å². The Morgan fingerprint density at radius 3 is 2.64 bits per heavy atom. The lowest BCUT2D eigenvalue weighted by molar-refractivity contribution is -0.149. The van der Waals surface area contributed by atoms with Gasteiger partial charge in [0.05, 0.1) is 31.7 Å². The van der Waals surface area contributed by atoms with Crippen molar-refractivity contribution in [3.63, 3.8) is 0 Å². The predicted octanol–water partition coefficient (Wildman–Crippen LogP) is 2.19. The molecule has 0 radical (unpaired) electrons. The Kier molecular flexibility index (Phi) is 10.2. The van der Waals surface area contributed by atoms with Crippen LogP contribution in [-0.4, -0.2) is 67.6 Å². The van der Waals surface area contributed by atoms with Crippen LogP contribution in [0.2, 0.25) is 0 Å². The van der Waals surface area contributed by atoms with Gasteiger partial charge in [0.2, 0.25) is 0 Å². The van der Waals surface area contributed by atoms with Gasteiger partial charge in [-0.15, -0.1) is 0 Å². The number of anilines is 1. The average Bonchev–Trinajstić information content (AvgIpc) is 3.13. The standard InChI is InChI=1S/C19H31N6O6PS/c1-12(2)31-19(27)14(4)24-32(28,30-6-7-33-15(5)26)11-29-13(3)8-25-10-23-16-17(20)21-9-22-18(16)25/h9-10,12-14H,6-8,11H2,1-5H3,(H,24,28)(H2,20,21,22)/t13-,14+,32?/m1/s1. The molecular weight excluding hydrogens is 471 g/mol. The topological polar surface area (TPSA) is 161 Å². The van der Waals surface area contributed by atoms with E-state index in [0.29, 0.717) is 23.5 Å². The van der Waals surface area contributed by atoms with Crippen LogP contribution in [0.5, 0.6) is 0 Å². The van der Waals surface area contributed by atoms with Crippen molar-refractivity contribution in [3.05, 3.63) is 12.7 Å². The summed E-state index contributed by atoms with van der Waals surface area (Å²) in [7, 11) is -3.60. The molecule has 0 saturated heterocycles. The highest BCUT2D eigenvalue weighted by Gasteiger charge is 2.30. The quantitative estimate of drug-likeness (QED) is 0.234. The second kappa shape index (κ2) is 12.4. The number of nitrogens with one attached hydrogen (secondary N) is 1. The van der Waals surface area contributed by atoms with Gasteiger partial charge < -0.3 is 24.3 Å². The van der Waals surface area contributed by atoms with Crippen molar-refractivity contribution in [2.75, 3.05) is 24.4 Å². The van der Waals surface area contributed by atoms with Crippen molar-refractivity contribution in [2.24, 2.45) is 0 Å². The third kappa shape index (κ3) is 8.67. The van der Waals surface area contributed by atoms with Crippen molar-refractivity contribution < 1.29 is 28.2 Å². The van der Waals surface area contributed by atoms with Crippen LogP contribution in [0.1, 0.15) is 34.6 Å². The molecule has 0 aliphatic heterocycles. The first-order chi connectivity index (χ1) is 15.5. The molecule has 0 amide bonds. The number of thioether (sulfide) groups is 1. The monoisotopic (exact) mass is 502 g/mol. The van der Waals surface area contributed by atoms with Gasteiger partial charge in [0.15, 0.2) is 16.6 Å². The Hall–Kier alpha value is -2.05. The summed E-state index contributed by atoms with van der Waals surface area (Å²) >= 11 is 1.06. The van der Waals surface area contributed by atoms with E-state index in [4.69, 9.17) is 19.7 Å². The normalized spacial score (nSPS) is 15.3. The van der Waals surface area contributed by atoms with Crippen molar-refractivity contribution in [2.45, 2.75) is 59.4 Å². The van der Waals surface area contributed by atoms with E-state index in [1.54, 1.807) is 31.7 Å². The molecule has 14 heteroatoms. The molecule has 184 valence electrons. The van der Waals surface area contributed by atoms with Crippen LogP contribution < -0.4 is 10.8 Å². The smallest absolute Gasteiger partial charge is 0.323 e. The number of imidazole rings is 1. The van der Waals surface area contributed by atoms with Gasteiger partial charge in [-0.3, -0.25) is 14.2 Å². The van der Waals surface area contributed by atoms with Crippen molar-refractivity contribution in [1.29, 1.82) is 0 Å². The first-order valence-corrected chi connectivity index (χ1v) is 13.2. The van der Waals surface area contributed by atoms with Crippen molar-refractivity contribution in [3.8, 4) is 0 Å². The van der Waals surface area contributed by atoms with Gasteiger partial charge in [0.25, 0.3) is 7.52 Å². The Morgan fingerprint density at radius 2 is 1.97 bits per heavy atom. The zero-order valence-corrected chi connectivity index (χ0v) is 21.1. The number of nitrogens with zero attached hydrogens (tertiary/aromatic N) is 4. The molecule has 0 aromatic carbocycles. The van der Waals surface area contributed by atoms with E-state index < -0.39 is 25.6 Å². The number of aromatic nitrogens is 4. The van der Waals surface area contributed by atoms with E-state index in [0.717, 1.165) is 11.8 Å². The summed E-state index contributed by atoms with van der Waals surface area (Å²) in [6.07, 6.45) is 1.92. The predicted molar refractivity (Wildman–Crippen MR) is 126 cm³/mol. The van der Waals surface area contributed by atoms with Crippen molar-refractivity contribution in [1.82, 2.24) is 24.6 Å². The highest BCUT2D eigenvalue weighted by molar-refractivity contribution is 8.13. The summed E-state index contributed by atoms with van der Waals surface area (Å²) in [4.78, 5) is 35.6. The van der Waals surface area contributed by atoms with Crippen molar-refractivity contribution >= 4 is 47.3 Å². The van der Waals surface area contributed by atoms with E-state index in [-0.39, 0.29) is 30.0 Å². The molecule has 0 aliphatic rings. The molecule has 1 unspecified atom stereocenters. The van der Waals surface area contributed by atoms with Crippen LogP contribution in [0, 0.1) is 0 Å². The number of rotatable bonds is 13. The number of hydrogen-bond donors (Lipinski definition) is 2. The molecule has 3 N–H and O–H groups in total. The molecule has 0 bridgehead atoms. The van der Waals surface area contributed by atoms with Gasteiger partial charge in [0, 0.05) is 12.7 Å². The summed E-state index contributed by atoms with van der Waals surface area (Å²) < 4.78 is 31.7. The fourth-order valence-corrected chi connectivity index (χ4v) is 5.09. The number of fused-ring (bicyclic) bond motifs is 1. The molecule has 2 rings (SSSR count). The highest BCUT2D eigenvalue weighted by atomic mass is 32.2. The van der Waals surface area contributed by atoms with Gasteiger partial charge in [0.1, 0.15) is 24.2 Å². The van der Waals surface area contributed by atoms with E-state index in [2.05, 4.69) is 20.0 Å². The number of carbonyl (C=O) groups is 2. The molecular formula is C19H31N6O6PS. The van der Waals surface area contributed by atoms with E-state index in [1.807, 2.05) is 0 Å². The highest BCUT2D eigenvalue weighted by Crippen LogP contribution is 2.43. The number of nitrogen functional groups attached to an aromatic ring is 1. The molecule has 12 nitrogen and oxygen atoms in total. The zero-order valence-electron chi connectivity index (χ0n) is 19.4. The number of nitrogens with two attached hydrogens (primary N) is 1. The van der Waals surface area contributed by atoms with Gasteiger partial charge in [-0.05, 0) is 27.7 Å². The summed E-state index contributed by atoms with van der Waals surface area (Å²) in [6, 6.07) is -0.880. The first kappa shape index (κ1) is 27.2. The molecule has 0 fully saturated rings. The molecule has 2 aromatic rings. The summed E-state index contributed by atoms with van der Waals surface area (Å²) in [5.41, 5.74) is 6.86. The molecule has 2 heterocycles. The molecule has 3 atom stereocenters. The van der Waals surface area contributed by atoms with Crippen LogP contribution in [-0.2, 0) is 34.7 Å². The Balaban J connectivity index is 2.02. The average molecular weight is 503 g/mol. The minimum atomic E-state index is -3.60. The van der Waals surface area contributed by atoms with Gasteiger partial charge in [-0.2, -0.15) is 0 Å². The number of ether oxygens (including phenoxy) is 2. The molecule has 33 heavy (non-hydrogen) atoms. The molecule has 0 spiro atoms. The number of esters is 1. The zero-order chi connectivity index (χ0) is 24.6. The maximum Gasteiger partial charge on any atom is 0.323 e. The molecule has 0 saturated carbocycles. The third-order valence-corrected chi connectivity index (χ3v) is 6.84. The maximum absolute atomic E-state index is 13.4. The van der Waals surface area contributed by atoms with Crippen LogP contribution in [0.15, 0.2) is 12.7 Å². The van der Waals surface area contributed by atoms with Gasteiger partial charge >= 0.3 is 5.97 Å². The van der Waals surface area contributed by atoms with Crippen LogP contribution in [0.25, 0.3) is 11.2 Å². The molecule has 2 aromatic heterocycles. The second-order valence-corrected chi connectivity index (χ2v) is 11.0. The largest absolute Gasteiger partial charge is 0.462 e. The van der Waals surface area contributed by atoms with E-state index >= 15 is 0 Å². The van der Waals surface area contributed by atoms with E-state index in [9.17, 15) is 14.2 Å². The number of hydrogen-bond acceptors (Lipinski definition) is 11. The molecule has 0 aliphatic carbocycles. The summed E-state index contributed by atoms with van der Waals surface area (Å²) in [6.45, 7) is 8.62. The lowest BCUT2D eigenvalue weighted by atomic mass is 10.4. The maximum atomic E-state index is 13.4. The lowest BCUT2D eigenvalue weighted by Crippen LogP contribution is -2.36. The minimum Gasteiger partial charge on any atom is -0.462 e. The fraction of sp³-hybridized carbons (Fsp3) is 0.632. The Morgan fingerprint density at radius 1 is 1.24 bits per heavy atom. The Bertz CT molecular complexity index is 1000. The van der Waals surface area contributed by atoms with E-state index in [1.165, 1.54) is 20.2 Å². The second-order valence-electron chi connectivity index (χ2n) is 7.62.